The third kappa shape index (κ3) is 4.48. The highest BCUT2D eigenvalue weighted by molar-refractivity contribution is 5.93. The summed E-state index contributed by atoms with van der Waals surface area (Å²) in [5, 5.41) is 7.88. The van der Waals surface area contributed by atoms with E-state index in [1.54, 1.807) is 6.20 Å². The second-order valence-corrected chi connectivity index (χ2v) is 7.25. The van der Waals surface area contributed by atoms with E-state index < -0.39 is 0 Å². The minimum absolute atomic E-state index is 0.122. The molecular weight excluding hydrogens is 364 g/mol. The molecule has 29 heavy (non-hydrogen) atoms. The van der Waals surface area contributed by atoms with E-state index in [2.05, 4.69) is 46.4 Å². The van der Waals surface area contributed by atoms with Crippen molar-refractivity contribution in [1.82, 2.24) is 15.1 Å². The maximum atomic E-state index is 12.3. The molecule has 0 saturated carbocycles. The van der Waals surface area contributed by atoms with Crippen LogP contribution in [0.3, 0.4) is 0 Å². The first-order valence-corrected chi connectivity index (χ1v) is 9.66. The average Bonchev–Trinajstić information content (AvgIpc) is 3.21. The molecule has 0 atom stereocenters. The number of fused-ring (bicyclic) bond motifs is 1. The van der Waals surface area contributed by atoms with Crippen molar-refractivity contribution >= 4 is 22.5 Å². The Bertz CT molecular complexity index is 1130. The number of anilines is 1. The van der Waals surface area contributed by atoms with Gasteiger partial charge in [0.25, 0.3) is 0 Å². The van der Waals surface area contributed by atoms with Crippen LogP contribution in [0.15, 0.2) is 65.3 Å². The fraction of sp³-hybridized carbons (Fsp3) is 0.217. The summed E-state index contributed by atoms with van der Waals surface area (Å²) >= 11 is 0. The molecule has 0 saturated heterocycles. The van der Waals surface area contributed by atoms with E-state index in [4.69, 9.17) is 4.52 Å². The number of nitrogens with one attached hydrogen (secondary N) is 1. The highest BCUT2D eigenvalue weighted by Gasteiger charge is 2.12. The van der Waals surface area contributed by atoms with Crippen molar-refractivity contribution in [3.05, 3.63) is 72.2 Å². The molecule has 2 aromatic carbocycles. The number of aryl methyl sites for hydroxylation is 1. The molecule has 0 aliphatic carbocycles. The van der Waals surface area contributed by atoms with E-state index in [9.17, 15) is 4.79 Å². The van der Waals surface area contributed by atoms with Crippen LogP contribution in [0, 0.1) is 0 Å². The Labute approximate surface area is 169 Å². The summed E-state index contributed by atoms with van der Waals surface area (Å²) in [6, 6.07) is 17.8. The molecular formula is C23H22N4O2. The molecule has 0 fully saturated rings. The lowest BCUT2D eigenvalue weighted by atomic mass is 10.0. The number of aromatic nitrogens is 3. The summed E-state index contributed by atoms with van der Waals surface area (Å²) in [6.07, 6.45) is 2.29. The number of hydrogen-bond donors (Lipinski definition) is 1. The zero-order chi connectivity index (χ0) is 20.2. The molecule has 1 amide bonds. The summed E-state index contributed by atoms with van der Waals surface area (Å²) in [4.78, 5) is 21.0. The zero-order valence-electron chi connectivity index (χ0n) is 16.4. The number of amides is 1. The number of hydrogen-bond acceptors (Lipinski definition) is 5. The van der Waals surface area contributed by atoms with E-state index >= 15 is 0 Å². The highest BCUT2D eigenvalue weighted by Crippen LogP contribution is 2.21. The van der Waals surface area contributed by atoms with E-state index in [1.165, 1.54) is 5.56 Å². The van der Waals surface area contributed by atoms with Crippen molar-refractivity contribution in [2.45, 2.75) is 32.6 Å². The molecule has 0 aliphatic heterocycles. The zero-order valence-corrected chi connectivity index (χ0v) is 16.4. The lowest BCUT2D eigenvalue weighted by Crippen LogP contribution is -2.12. The normalized spacial score (nSPS) is 11.1. The molecule has 0 radical (unpaired) electrons. The van der Waals surface area contributed by atoms with Gasteiger partial charge in [0.2, 0.25) is 17.6 Å². The number of nitrogens with zero attached hydrogens (tertiary/aromatic N) is 3. The van der Waals surface area contributed by atoms with Gasteiger partial charge >= 0.3 is 0 Å². The molecule has 2 heterocycles. The molecule has 4 aromatic rings. The fourth-order valence-corrected chi connectivity index (χ4v) is 3.07. The second kappa shape index (κ2) is 8.22. The largest absolute Gasteiger partial charge is 0.339 e. The van der Waals surface area contributed by atoms with Crippen LogP contribution in [-0.4, -0.2) is 21.0 Å². The first kappa shape index (κ1) is 18.8. The van der Waals surface area contributed by atoms with Gasteiger partial charge < -0.3 is 9.84 Å². The maximum Gasteiger partial charge on any atom is 0.227 e. The predicted molar refractivity (Wildman–Crippen MR) is 113 cm³/mol. The molecule has 4 rings (SSSR count). The Morgan fingerprint density at radius 2 is 1.90 bits per heavy atom. The molecule has 6 heteroatoms. The topological polar surface area (TPSA) is 80.9 Å². The molecule has 0 aliphatic rings. The Balaban J connectivity index is 1.35. The average molecular weight is 386 g/mol. The molecule has 0 unspecified atom stereocenters. The quantitative estimate of drug-likeness (QED) is 0.505. The van der Waals surface area contributed by atoms with Gasteiger partial charge in [0, 0.05) is 23.8 Å². The van der Waals surface area contributed by atoms with Gasteiger partial charge in [-0.15, -0.1) is 0 Å². The van der Waals surface area contributed by atoms with Crippen molar-refractivity contribution in [2.24, 2.45) is 0 Å². The van der Waals surface area contributed by atoms with E-state index in [0.717, 1.165) is 16.5 Å². The van der Waals surface area contributed by atoms with Crippen molar-refractivity contribution in [2.75, 3.05) is 5.32 Å². The van der Waals surface area contributed by atoms with Gasteiger partial charge in [-0.05, 0) is 23.6 Å². The van der Waals surface area contributed by atoms with Gasteiger partial charge in [0.1, 0.15) is 0 Å². The van der Waals surface area contributed by atoms with E-state index in [0.29, 0.717) is 29.7 Å². The van der Waals surface area contributed by atoms with Gasteiger partial charge in [-0.3, -0.25) is 9.78 Å². The van der Waals surface area contributed by atoms with Crippen LogP contribution in [0.4, 0.5) is 5.69 Å². The predicted octanol–water partition coefficient (Wildman–Crippen LogP) is 4.98. The Morgan fingerprint density at radius 1 is 1.10 bits per heavy atom. The molecule has 2 aromatic heterocycles. The Hall–Kier alpha value is -3.54. The second-order valence-electron chi connectivity index (χ2n) is 7.25. The summed E-state index contributed by atoms with van der Waals surface area (Å²) in [5.74, 6) is 1.33. The SMILES string of the molecule is CC(C)c1ccc(-c2noc(CCC(=O)Nc3cnc4ccccc4c3)n2)cc1. The number of para-hydroxylation sites is 1. The van der Waals surface area contributed by atoms with Crippen LogP contribution in [-0.2, 0) is 11.2 Å². The number of pyridine rings is 1. The van der Waals surface area contributed by atoms with Crippen LogP contribution < -0.4 is 5.32 Å². The van der Waals surface area contributed by atoms with Crippen molar-refractivity contribution < 1.29 is 9.32 Å². The van der Waals surface area contributed by atoms with Crippen molar-refractivity contribution in [3.63, 3.8) is 0 Å². The van der Waals surface area contributed by atoms with Gasteiger partial charge in [-0.1, -0.05) is 61.5 Å². The lowest BCUT2D eigenvalue weighted by Gasteiger charge is -2.05. The number of carbonyl (C=O) groups excluding carboxylic acids is 1. The fourth-order valence-electron chi connectivity index (χ4n) is 3.07. The van der Waals surface area contributed by atoms with Crippen LogP contribution >= 0.6 is 0 Å². The van der Waals surface area contributed by atoms with Gasteiger partial charge in [-0.25, -0.2) is 0 Å². The third-order valence-corrected chi connectivity index (χ3v) is 4.74. The molecule has 146 valence electrons. The summed E-state index contributed by atoms with van der Waals surface area (Å²) in [5.41, 5.74) is 3.73. The standard InChI is InChI=1S/C23H22N4O2/c1-15(2)16-7-9-17(10-8-16)23-26-22(29-27-23)12-11-21(28)25-19-13-18-5-3-4-6-20(18)24-14-19/h3-10,13-15H,11-12H2,1-2H3,(H,25,28). The monoisotopic (exact) mass is 386 g/mol. The lowest BCUT2D eigenvalue weighted by molar-refractivity contribution is -0.116. The minimum Gasteiger partial charge on any atom is -0.339 e. The summed E-state index contributed by atoms with van der Waals surface area (Å²) < 4.78 is 5.30. The van der Waals surface area contributed by atoms with E-state index in [-0.39, 0.29) is 12.3 Å². The molecule has 0 bridgehead atoms. The first-order valence-electron chi connectivity index (χ1n) is 9.66. The molecule has 1 N–H and O–H groups in total. The summed E-state index contributed by atoms with van der Waals surface area (Å²) in [7, 11) is 0. The van der Waals surface area contributed by atoms with Gasteiger partial charge in [0.05, 0.1) is 17.4 Å². The molecule has 0 spiro atoms. The van der Waals surface area contributed by atoms with E-state index in [1.807, 2.05) is 42.5 Å². The molecule has 6 nitrogen and oxygen atoms in total. The number of benzene rings is 2. The first-order chi connectivity index (χ1) is 14.1. The van der Waals surface area contributed by atoms with Crippen LogP contribution in [0.25, 0.3) is 22.3 Å². The smallest absolute Gasteiger partial charge is 0.227 e. The number of rotatable bonds is 6. The van der Waals surface area contributed by atoms with Crippen LogP contribution in [0.1, 0.15) is 37.6 Å². The Kier molecular flexibility index (Phi) is 5.33. The van der Waals surface area contributed by atoms with Crippen molar-refractivity contribution in [3.8, 4) is 11.4 Å². The van der Waals surface area contributed by atoms with Crippen LogP contribution in [0.5, 0.6) is 0 Å². The van der Waals surface area contributed by atoms with Crippen molar-refractivity contribution in [1.29, 1.82) is 0 Å². The highest BCUT2D eigenvalue weighted by atomic mass is 16.5. The maximum absolute atomic E-state index is 12.3. The van der Waals surface area contributed by atoms with Gasteiger partial charge in [0.15, 0.2) is 0 Å². The summed E-state index contributed by atoms with van der Waals surface area (Å²) in [6.45, 7) is 4.31. The third-order valence-electron chi connectivity index (χ3n) is 4.74. The number of carbonyl (C=O) groups is 1. The Morgan fingerprint density at radius 3 is 2.69 bits per heavy atom. The minimum atomic E-state index is -0.122. The van der Waals surface area contributed by atoms with Crippen LogP contribution in [0.2, 0.25) is 0 Å². The van der Waals surface area contributed by atoms with Gasteiger partial charge in [-0.2, -0.15) is 4.98 Å².